The molecule has 1 saturated heterocycles. The molecule has 1 fully saturated rings. The van der Waals surface area contributed by atoms with Crippen LogP contribution in [0.3, 0.4) is 0 Å². The first kappa shape index (κ1) is 14.8. The van der Waals surface area contributed by atoms with Gasteiger partial charge in [0.2, 0.25) is 0 Å². The summed E-state index contributed by atoms with van der Waals surface area (Å²) in [6.45, 7) is 6.27. The molecule has 0 aromatic carbocycles. The molecule has 2 unspecified atom stereocenters. The van der Waals surface area contributed by atoms with Crippen molar-refractivity contribution in [3.63, 3.8) is 0 Å². The Bertz CT molecular complexity index is 325. The van der Waals surface area contributed by atoms with Crippen molar-refractivity contribution < 1.29 is 19.4 Å². The first-order valence-corrected chi connectivity index (χ1v) is 6.14. The standard InChI is InChI=1S/C12H22N2O4/c1-12(2,3)18-11(17)14-5-4-9(13)8(7-14)6-10(15)16/h8-9H,4-7,13H2,1-3H3,(H,15,16). The van der Waals surface area contributed by atoms with Crippen molar-refractivity contribution in [2.75, 3.05) is 13.1 Å². The maximum atomic E-state index is 11.9. The highest BCUT2D eigenvalue weighted by Crippen LogP contribution is 2.21. The molecular weight excluding hydrogens is 236 g/mol. The number of carbonyl (C=O) groups is 2. The second-order valence-corrected chi connectivity index (χ2v) is 5.74. The Hall–Kier alpha value is -1.30. The van der Waals surface area contributed by atoms with Gasteiger partial charge in [-0.3, -0.25) is 4.79 Å². The van der Waals surface area contributed by atoms with Crippen molar-refractivity contribution in [1.29, 1.82) is 0 Å². The van der Waals surface area contributed by atoms with E-state index in [4.69, 9.17) is 15.6 Å². The maximum absolute atomic E-state index is 11.9. The molecule has 104 valence electrons. The van der Waals surface area contributed by atoms with E-state index in [-0.39, 0.29) is 18.4 Å². The van der Waals surface area contributed by atoms with Crippen molar-refractivity contribution in [1.82, 2.24) is 4.90 Å². The molecule has 1 heterocycles. The van der Waals surface area contributed by atoms with Crippen molar-refractivity contribution >= 4 is 12.1 Å². The molecule has 0 aliphatic carbocycles. The third kappa shape index (κ3) is 4.52. The second kappa shape index (κ2) is 5.56. The fraction of sp³-hybridized carbons (Fsp3) is 0.833. The van der Waals surface area contributed by atoms with E-state index in [1.165, 1.54) is 0 Å². The van der Waals surface area contributed by atoms with Gasteiger partial charge in [-0.05, 0) is 27.2 Å². The number of likely N-dealkylation sites (tertiary alicyclic amines) is 1. The molecule has 3 N–H and O–H groups in total. The molecule has 0 radical (unpaired) electrons. The topological polar surface area (TPSA) is 92.9 Å². The van der Waals surface area contributed by atoms with E-state index in [0.29, 0.717) is 19.5 Å². The highest BCUT2D eigenvalue weighted by molar-refractivity contribution is 5.69. The molecule has 1 aliphatic heterocycles. The summed E-state index contributed by atoms with van der Waals surface area (Å²) in [5.41, 5.74) is 5.33. The van der Waals surface area contributed by atoms with Crippen LogP contribution >= 0.6 is 0 Å². The molecule has 6 heteroatoms. The normalized spacial score (nSPS) is 24.8. The molecule has 18 heavy (non-hydrogen) atoms. The summed E-state index contributed by atoms with van der Waals surface area (Å²) < 4.78 is 5.26. The van der Waals surface area contributed by atoms with Crippen LogP contribution in [0.1, 0.15) is 33.6 Å². The smallest absolute Gasteiger partial charge is 0.410 e. The largest absolute Gasteiger partial charge is 0.481 e. The van der Waals surface area contributed by atoms with Crippen LogP contribution in [0.2, 0.25) is 0 Å². The van der Waals surface area contributed by atoms with Gasteiger partial charge in [0.25, 0.3) is 0 Å². The minimum atomic E-state index is -0.888. The van der Waals surface area contributed by atoms with Crippen molar-refractivity contribution in [2.45, 2.75) is 45.3 Å². The summed E-state index contributed by atoms with van der Waals surface area (Å²) in [6.07, 6.45) is 0.197. The zero-order valence-corrected chi connectivity index (χ0v) is 11.2. The highest BCUT2D eigenvalue weighted by atomic mass is 16.6. The molecule has 0 bridgehead atoms. The monoisotopic (exact) mass is 258 g/mol. The van der Waals surface area contributed by atoms with Gasteiger partial charge in [-0.1, -0.05) is 0 Å². The van der Waals surface area contributed by atoms with Crippen LogP contribution in [0.4, 0.5) is 4.79 Å². The zero-order chi connectivity index (χ0) is 13.9. The number of nitrogens with two attached hydrogens (primary N) is 1. The van der Waals surface area contributed by atoms with Crippen LogP contribution in [0, 0.1) is 5.92 Å². The van der Waals surface area contributed by atoms with Crippen LogP contribution in [-0.2, 0) is 9.53 Å². The summed E-state index contributed by atoms with van der Waals surface area (Å²) in [7, 11) is 0. The van der Waals surface area contributed by atoms with Gasteiger partial charge in [-0.15, -0.1) is 0 Å². The van der Waals surface area contributed by atoms with Crippen LogP contribution in [0.25, 0.3) is 0 Å². The Balaban J connectivity index is 2.58. The molecular formula is C12H22N2O4. The van der Waals surface area contributed by atoms with E-state index in [0.717, 1.165) is 0 Å². The fourth-order valence-electron chi connectivity index (χ4n) is 1.98. The molecule has 1 amide bonds. The molecule has 0 aromatic rings. The zero-order valence-electron chi connectivity index (χ0n) is 11.2. The van der Waals surface area contributed by atoms with Crippen LogP contribution in [-0.4, -0.2) is 46.8 Å². The molecule has 0 spiro atoms. The van der Waals surface area contributed by atoms with E-state index in [1.807, 2.05) is 0 Å². The van der Waals surface area contributed by atoms with Gasteiger partial charge in [0, 0.05) is 25.0 Å². The number of hydrogen-bond donors (Lipinski definition) is 2. The van der Waals surface area contributed by atoms with E-state index < -0.39 is 17.7 Å². The van der Waals surface area contributed by atoms with E-state index in [2.05, 4.69) is 0 Å². The molecule has 2 atom stereocenters. The van der Waals surface area contributed by atoms with Gasteiger partial charge >= 0.3 is 12.1 Å². The number of ether oxygens (including phenoxy) is 1. The Labute approximate surface area is 107 Å². The van der Waals surface area contributed by atoms with Crippen LogP contribution < -0.4 is 5.73 Å². The molecule has 1 rings (SSSR count). The van der Waals surface area contributed by atoms with Crippen molar-refractivity contribution in [3.8, 4) is 0 Å². The number of carbonyl (C=O) groups excluding carboxylic acids is 1. The molecule has 1 aliphatic rings. The Morgan fingerprint density at radius 2 is 2.06 bits per heavy atom. The van der Waals surface area contributed by atoms with E-state index in [1.54, 1.807) is 25.7 Å². The van der Waals surface area contributed by atoms with Gasteiger partial charge in [0.1, 0.15) is 5.60 Å². The number of amides is 1. The lowest BCUT2D eigenvalue weighted by Gasteiger charge is -2.36. The number of piperidine rings is 1. The lowest BCUT2D eigenvalue weighted by atomic mass is 9.90. The van der Waals surface area contributed by atoms with E-state index in [9.17, 15) is 9.59 Å². The number of nitrogens with zero attached hydrogens (tertiary/aromatic N) is 1. The van der Waals surface area contributed by atoms with Crippen molar-refractivity contribution in [3.05, 3.63) is 0 Å². The van der Waals surface area contributed by atoms with Crippen molar-refractivity contribution in [2.24, 2.45) is 11.7 Å². The first-order chi connectivity index (χ1) is 8.19. The summed E-state index contributed by atoms with van der Waals surface area (Å²) in [6, 6.07) is -0.167. The molecule has 6 nitrogen and oxygen atoms in total. The minimum Gasteiger partial charge on any atom is -0.481 e. The van der Waals surface area contributed by atoms with Gasteiger partial charge in [0.15, 0.2) is 0 Å². The molecule has 0 saturated carbocycles. The number of aliphatic carboxylic acids is 1. The average Bonchev–Trinajstić information content (AvgIpc) is 2.17. The fourth-order valence-corrected chi connectivity index (χ4v) is 1.98. The third-order valence-electron chi connectivity index (χ3n) is 2.88. The quantitative estimate of drug-likeness (QED) is 0.772. The highest BCUT2D eigenvalue weighted by Gasteiger charge is 2.32. The Kier molecular flexibility index (Phi) is 4.56. The number of hydrogen-bond acceptors (Lipinski definition) is 4. The third-order valence-corrected chi connectivity index (χ3v) is 2.88. The van der Waals surface area contributed by atoms with E-state index >= 15 is 0 Å². The second-order valence-electron chi connectivity index (χ2n) is 5.74. The van der Waals surface area contributed by atoms with Crippen LogP contribution in [0.15, 0.2) is 0 Å². The average molecular weight is 258 g/mol. The van der Waals surface area contributed by atoms with Crippen LogP contribution in [0.5, 0.6) is 0 Å². The lowest BCUT2D eigenvalue weighted by molar-refractivity contribution is -0.138. The van der Waals surface area contributed by atoms with Gasteiger partial charge in [0.05, 0.1) is 6.42 Å². The SMILES string of the molecule is CC(C)(C)OC(=O)N1CCC(N)C(CC(=O)O)C1. The summed E-state index contributed by atoms with van der Waals surface area (Å²) in [5, 5.41) is 8.80. The van der Waals surface area contributed by atoms with Gasteiger partial charge in [-0.25, -0.2) is 4.79 Å². The summed E-state index contributed by atoms with van der Waals surface area (Å²) in [4.78, 5) is 24.1. The number of rotatable bonds is 2. The summed E-state index contributed by atoms with van der Waals surface area (Å²) >= 11 is 0. The predicted octanol–water partition coefficient (Wildman–Crippen LogP) is 1.05. The molecule has 0 aromatic heterocycles. The van der Waals surface area contributed by atoms with Gasteiger partial charge in [-0.2, -0.15) is 0 Å². The number of carboxylic acids is 1. The number of carboxylic acid groups (broad SMARTS) is 1. The Morgan fingerprint density at radius 1 is 1.44 bits per heavy atom. The minimum absolute atomic E-state index is 0.0134. The maximum Gasteiger partial charge on any atom is 0.410 e. The predicted molar refractivity (Wildman–Crippen MR) is 66.1 cm³/mol. The lowest BCUT2D eigenvalue weighted by Crippen LogP contribution is -2.50. The van der Waals surface area contributed by atoms with Gasteiger partial charge < -0.3 is 20.5 Å². The summed E-state index contributed by atoms with van der Waals surface area (Å²) in [5.74, 6) is -1.09. The first-order valence-electron chi connectivity index (χ1n) is 6.14. The Morgan fingerprint density at radius 3 is 2.56 bits per heavy atom.